The number of aromatic carboxylic acids is 1. The maximum atomic E-state index is 12.6. The molecule has 0 bridgehead atoms. The number of carboxylic acids is 1. The molecule has 1 atom stereocenters. The average molecular weight is 401 g/mol. The molecule has 2 aromatic rings. The molecule has 1 unspecified atom stereocenters. The van der Waals surface area contributed by atoms with Crippen LogP contribution in [0.2, 0.25) is 0 Å². The molecule has 1 N–H and O–H groups in total. The number of esters is 1. The highest BCUT2D eigenvalue weighted by molar-refractivity contribution is 8.00. The summed E-state index contributed by atoms with van der Waals surface area (Å²) < 4.78 is 9.86. The molecule has 0 saturated carbocycles. The molecule has 0 spiro atoms. The van der Waals surface area contributed by atoms with Crippen LogP contribution < -0.4 is 9.64 Å². The van der Waals surface area contributed by atoms with Crippen LogP contribution in [0.15, 0.2) is 36.4 Å². The third-order valence-corrected chi connectivity index (χ3v) is 5.70. The molecule has 3 rings (SSSR count). The fraction of sp³-hybridized carbons (Fsp3) is 0.250. The van der Waals surface area contributed by atoms with E-state index < -0.39 is 17.3 Å². The van der Waals surface area contributed by atoms with Crippen LogP contribution in [-0.2, 0) is 9.53 Å². The summed E-state index contributed by atoms with van der Waals surface area (Å²) >= 11 is 1.36. The van der Waals surface area contributed by atoms with Crippen LogP contribution in [0.3, 0.4) is 0 Å². The van der Waals surface area contributed by atoms with Crippen molar-refractivity contribution in [3.8, 4) is 5.75 Å². The van der Waals surface area contributed by atoms with Crippen molar-refractivity contribution >= 4 is 35.3 Å². The van der Waals surface area contributed by atoms with E-state index in [2.05, 4.69) is 0 Å². The molecular formula is C20H19NO6S. The molecule has 1 amide bonds. The van der Waals surface area contributed by atoms with Crippen LogP contribution in [0.4, 0.5) is 5.69 Å². The number of hydrogen-bond acceptors (Lipinski definition) is 6. The van der Waals surface area contributed by atoms with Gasteiger partial charge in [0.25, 0.3) is 0 Å². The Labute approximate surface area is 166 Å². The van der Waals surface area contributed by atoms with E-state index in [1.807, 2.05) is 0 Å². The summed E-state index contributed by atoms with van der Waals surface area (Å²) in [7, 11) is 2.77. The summed E-state index contributed by atoms with van der Waals surface area (Å²) in [6, 6.07) is 9.73. The number of carbonyl (C=O) groups is 3. The van der Waals surface area contributed by atoms with Gasteiger partial charge in [-0.05, 0) is 48.4 Å². The van der Waals surface area contributed by atoms with Gasteiger partial charge in [-0.1, -0.05) is 6.07 Å². The van der Waals surface area contributed by atoms with Gasteiger partial charge in [-0.2, -0.15) is 0 Å². The number of carbonyl (C=O) groups excluding carboxylic acids is 2. The lowest BCUT2D eigenvalue weighted by Gasteiger charge is -2.27. The quantitative estimate of drug-likeness (QED) is 0.769. The topological polar surface area (TPSA) is 93.1 Å². The first kappa shape index (κ1) is 19.8. The Morgan fingerprint density at radius 3 is 2.54 bits per heavy atom. The molecule has 8 heteroatoms. The molecule has 0 aliphatic carbocycles. The highest BCUT2D eigenvalue weighted by Crippen LogP contribution is 2.44. The van der Waals surface area contributed by atoms with E-state index in [4.69, 9.17) is 9.47 Å². The first-order valence-corrected chi connectivity index (χ1v) is 9.46. The van der Waals surface area contributed by atoms with E-state index in [1.54, 1.807) is 42.2 Å². The van der Waals surface area contributed by atoms with Crippen molar-refractivity contribution in [1.29, 1.82) is 0 Å². The number of nitrogens with zero attached hydrogens (tertiary/aromatic N) is 1. The summed E-state index contributed by atoms with van der Waals surface area (Å²) in [5, 5.41) is 9.13. The minimum atomic E-state index is -1.09. The minimum absolute atomic E-state index is 0.0837. The van der Waals surface area contributed by atoms with Gasteiger partial charge in [0, 0.05) is 5.69 Å². The Hall–Kier alpha value is -3.00. The van der Waals surface area contributed by atoms with Crippen molar-refractivity contribution in [1.82, 2.24) is 0 Å². The molecule has 1 heterocycles. The number of aryl methyl sites for hydroxylation is 1. The first-order chi connectivity index (χ1) is 13.4. The van der Waals surface area contributed by atoms with Gasteiger partial charge in [0.1, 0.15) is 11.1 Å². The summed E-state index contributed by atoms with van der Waals surface area (Å²) in [4.78, 5) is 37.7. The Morgan fingerprint density at radius 1 is 1.18 bits per heavy atom. The standard InChI is InChI=1S/C20H19NO6S/c1-11-8-12(20(25)27-3)4-7-16(11)21-17(22)10-28-18(21)14-6-5-13(26-2)9-15(14)19(23)24/h4-9,18H,10H2,1-3H3,(H,23,24). The van der Waals surface area contributed by atoms with Crippen molar-refractivity contribution in [2.75, 3.05) is 24.9 Å². The zero-order valence-corrected chi connectivity index (χ0v) is 16.4. The summed E-state index contributed by atoms with van der Waals surface area (Å²) in [6.45, 7) is 1.79. The Morgan fingerprint density at radius 2 is 1.93 bits per heavy atom. The highest BCUT2D eigenvalue weighted by atomic mass is 32.2. The van der Waals surface area contributed by atoms with Crippen LogP contribution in [0.1, 0.15) is 37.2 Å². The van der Waals surface area contributed by atoms with E-state index in [9.17, 15) is 19.5 Å². The summed E-state index contributed by atoms with van der Waals surface area (Å²) in [5.41, 5.74) is 2.32. The predicted octanol–water partition coefficient (Wildman–Crippen LogP) is 3.27. The lowest BCUT2D eigenvalue weighted by molar-refractivity contribution is -0.115. The molecule has 2 aromatic carbocycles. The van der Waals surface area contributed by atoms with Gasteiger partial charge in [0.05, 0.1) is 31.1 Å². The second kappa shape index (κ2) is 7.93. The Balaban J connectivity index is 2.06. The van der Waals surface area contributed by atoms with E-state index >= 15 is 0 Å². The lowest BCUT2D eigenvalue weighted by Crippen LogP contribution is -2.29. The van der Waals surface area contributed by atoms with E-state index in [0.717, 1.165) is 0 Å². The van der Waals surface area contributed by atoms with Crippen LogP contribution in [0.5, 0.6) is 5.75 Å². The molecule has 0 radical (unpaired) electrons. The van der Waals surface area contributed by atoms with Gasteiger partial charge in [0.15, 0.2) is 0 Å². The Bertz CT molecular complexity index is 958. The molecule has 1 aliphatic rings. The largest absolute Gasteiger partial charge is 0.497 e. The number of thioether (sulfide) groups is 1. The van der Waals surface area contributed by atoms with Crippen LogP contribution >= 0.6 is 11.8 Å². The number of carboxylic acid groups (broad SMARTS) is 1. The van der Waals surface area contributed by atoms with Gasteiger partial charge >= 0.3 is 11.9 Å². The highest BCUT2D eigenvalue weighted by Gasteiger charge is 2.37. The molecule has 1 fully saturated rings. The Kier molecular flexibility index (Phi) is 5.60. The average Bonchev–Trinajstić information content (AvgIpc) is 3.07. The first-order valence-electron chi connectivity index (χ1n) is 8.41. The monoisotopic (exact) mass is 401 g/mol. The normalized spacial score (nSPS) is 16.2. The second-order valence-corrected chi connectivity index (χ2v) is 7.25. The predicted molar refractivity (Wildman–Crippen MR) is 105 cm³/mol. The molecular weight excluding hydrogens is 382 g/mol. The SMILES string of the molecule is COC(=O)c1ccc(N2C(=O)CSC2c2ccc(OC)cc2C(=O)O)c(C)c1. The van der Waals surface area contributed by atoms with Crippen molar-refractivity contribution in [2.45, 2.75) is 12.3 Å². The van der Waals surface area contributed by atoms with Gasteiger partial charge in [-0.25, -0.2) is 9.59 Å². The van der Waals surface area contributed by atoms with Crippen LogP contribution in [0, 0.1) is 6.92 Å². The number of methoxy groups -OCH3 is 2. The van der Waals surface area contributed by atoms with E-state index in [-0.39, 0.29) is 17.2 Å². The van der Waals surface area contributed by atoms with Crippen molar-refractivity contribution in [3.05, 3.63) is 58.7 Å². The third kappa shape index (κ3) is 3.55. The molecule has 0 aromatic heterocycles. The van der Waals surface area contributed by atoms with Crippen LogP contribution in [0.25, 0.3) is 0 Å². The van der Waals surface area contributed by atoms with Crippen molar-refractivity contribution < 1.29 is 29.0 Å². The van der Waals surface area contributed by atoms with Crippen molar-refractivity contribution in [3.63, 3.8) is 0 Å². The van der Waals surface area contributed by atoms with Gasteiger partial charge in [-0.3, -0.25) is 9.69 Å². The molecule has 1 saturated heterocycles. The summed E-state index contributed by atoms with van der Waals surface area (Å²) in [5.74, 6) is -1.02. The molecule has 7 nitrogen and oxygen atoms in total. The number of amides is 1. The van der Waals surface area contributed by atoms with E-state index in [1.165, 1.54) is 32.0 Å². The maximum absolute atomic E-state index is 12.6. The number of anilines is 1. The smallest absolute Gasteiger partial charge is 0.337 e. The van der Waals surface area contributed by atoms with Gasteiger partial charge in [-0.15, -0.1) is 11.8 Å². The van der Waals surface area contributed by atoms with Gasteiger partial charge in [0.2, 0.25) is 5.91 Å². The van der Waals surface area contributed by atoms with Crippen molar-refractivity contribution in [2.24, 2.45) is 0 Å². The summed E-state index contributed by atoms with van der Waals surface area (Å²) in [6.07, 6.45) is 0. The number of benzene rings is 2. The number of rotatable bonds is 5. The zero-order chi connectivity index (χ0) is 20.4. The zero-order valence-electron chi connectivity index (χ0n) is 15.6. The van der Waals surface area contributed by atoms with Gasteiger partial charge < -0.3 is 14.6 Å². The third-order valence-electron chi connectivity index (χ3n) is 4.50. The maximum Gasteiger partial charge on any atom is 0.337 e. The molecule has 146 valence electrons. The molecule has 1 aliphatic heterocycles. The fourth-order valence-electron chi connectivity index (χ4n) is 3.15. The fourth-order valence-corrected chi connectivity index (χ4v) is 4.35. The lowest BCUT2D eigenvalue weighted by atomic mass is 10.0. The minimum Gasteiger partial charge on any atom is -0.497 e. The van der Waals surface area contributed by atoms with Crippen LogP contribution in [-0.4, -0.2) is 42.9 Å². The number of hydrogen-bond donors (Lipinski definition) is 1. The van der Waals surface area contributed by atoms with E-state index in [0.29, 0.717) is 28.1 Å². The second-order valence-electron chi connectivity index (χ2n) is 6.18. The number of ether oxygens (including phenoxy) is 2. The molecule has 28 heavy (non-hydrogen) atoms.